The van der Waals surface area contributed by atoms with Gasteiger partial charge in [-0.1, -0.05) is 22.4 Å². The van der Waals surface area contributed by atoms with Gasteiger partial charge in [0.25, 0.3) is 0 Å². The molecule has 0 aliphatic heterocycles. The van der Waals surface area contributed by atoms with E-state index in [1.54, 1.807) is 7.11 Å². The third-order valence-corrected chi connectivity index (χ3v) is 2.93. The van der Waals surface area contributed by atoms with Crippen LogP contribution in [0, 0.1) is 0 Å². The molecule has 3 aromatic rings. The Hall–Kier alpha value is -2.25. The molecule has 0 fully saturated rings. The van der Waals surface area contributed by atoms with Gasteiger partial charge in [-0.2, -0.15) is 4.98 Å². The third-order valence-electron chi connectivity index (χ3n) is 2.93. The van der Waals surface area contributed by atoms with Crippen LogP contribution in [0.2, 0.25) is 0 Å². The summed E-state index contributed by atoms with van der Waals surface area (Å²) in [7, 11) is 1.57. The molecule has 7 nitrogen and oxygen atoms in total. The Labute approximate surface area is 114 Å². The van der Waals surface area contributed by atoms with Gasteiger partial charge in [0, 0.05) is 12.5 Å². The highest BCUT2D eigenvalue weighted by atomic mass is 16.5. The van der Waals surface area contributed by atoms with Crippen LogP contribution in [0.1, 0.15) is 23.5 Å². The van der Waals surface area contributed by atoms with Gasteiger partial charge in [0.05, 0.1) is 19.1 Å². The number of fused-ring (bicyclic) bond motifs is 1. The summed E-state index contributed by atoms with van der Waals surface area (Å²) in [6, 6.07) is 7.23. The maximum Gasteiger partial charge on any atom is 0.232 e. The van der Waals surface area contributed by atoms with Gasteiger partial charge in [0.15, 0.2) is 11.4 Å². The fourth-order valence-electron chi connectivity index (χ4n) is 1.95. The Bertz CT molecular complexity index is 706. The Morgan fingerprint density at radius 1 is 1.25 bits per heavy atom. The van der Waals surface area contributed by atoms with E-state index in [1.165, 1.54) is 0 Å². The van der Waals surface area contributed by atoms with E-state index in [2.05, 4.69) is 15.3 Å². The minimum atomic E-state index is -0.397. The SMILES string of the molecule is COCC(N)c1noc(Cc2noc3ccccc23)n1. The molecule has 1 atom stereocenters. The lowest BCUT2D eigenvalue weighted by molar-refractivity contribution is 0.177. The maximum absolute atomic E-state index is 5.84. The van der Waals surface area contributed by atoms with Crippen LogP contribution >= 0.6 is 0 Å². The van der Waals surface area contributed by atoms with Crippen molar-refractivity contribution in [3.8, 4) is 0 Å². The number of aromatic nitrogens is 3. The molecule has 7 heteroatoms. The van der Waals surface area contributed by atoms with Gasteiger partial charge < -0.3 is 19.5 Å². The van der Waals surface area contributed by atoms with E-state index < -0.39 is 6.04 Å². The summed E-state index contributed by atoms with van der Waals surface area (Å²) in [5.74, 6) is 0.875. The Morgan fingerprint density at radius 2 is 2.10 bits per heavy atom. The van der Waals surface area contributed by atoms with E-state index >= 15 is 0 Å². The van der Waals surface area contributed by atoms with Crippen LogP contribution in [0.25, 0.3) is 11.0 Å². The largest absolute Gasteiger partial charge is 0.383 e. The molecule has 1 unspecified atom stereocenters. The summed E-state index contributed by atoms with van der Waals surface area (Å²) in [6.45, 7) is 0.339. The van der Waals surface area contributed by atoms with Crippen LogP contribution in [-0.4, -0.2) is 29.0 Å². The molecule has 0 spiro atoms. The van der Waals surface area contributed by atoms with Crippen LogP contribution in [0.4, 0.5) is 0 Å². The first-order chi connectivity index (χ1) is 9.78. The molecule has 1 aromatic carbocycles. The average molecular weight is 274 g/mol. The van der Waals surface area contributed by atoms with Crippen LogP contribution in [0.5, 0.6) is 0 Å². The van der Waals surface area contributed by atoms with Crippen molar-refractivity contribution in [3.63, 3.8) is 0 Å². The summed E-state index contributed by atoms with van der Waals surface area (Å²) in [5, 5.41) is 8.81. The second kappa shape index (κ2) is 5.40. The minimum Gasteiger partial charge on any atom is -0.383 e. The molecule has 0 radical (unpaired) electrons. The zero-order valence-electron chi connectivity index (χ0n) is 10.9. The Kier molecular flexibility index (Phi) is 3.44. The number of nitrogens with zero attached hydrogens (tertiary/aromatic N) is 3. The van der Waals surface area contributed by atoms with E-state index in [-0.39, 0.29) is 0 Å². The molecule has 2 heterocycles. The molecule has 0 saturated heterocycles. The number of nitrogens with two attached hydrogens (primary N) is 1. The predicted octanol–water partition coefficient (Wildman–Crippen LogP) is 1.45. The molecule has 0 amide bonds. The quantitative estimate of drug-likeness (QED) is 0.751. The first-order valence-corrected chi connectivity index (χ1v) is 6.18. The number of benzene rings is 1. The minimum absolute atomic E-state index is 0.339. The smallest absolute Gasteiger partial charge is 0.232 e. The van der Waals surface area contributed by atoms with E-state index in [4.69, 9.17) is 19.5 Å². The second-order valence-corrected chi connectivity index (χ2v) is 4.41. The number of hydrogen-bond acceptors (Lipinski definition) is 7. The van der Waals surface area contributed by atoms with Crippen molar-refractivity contribution < 1.29 is 13.8 Å². The fourth-order valence-corrected chi connectivity index (χ4v) is 1.95. The standard InChI is InChI=1S/C13H14N4O3/c1-18-7-9(14)13-15-12(20-17-13)6-10-8-4-2-3-5-11(8)19-16-10/h2-5,9H,6-7,14H2,1H3. The van der Waals surface area contributed by atoms with Crippen molar-refractivity contribution in [1.82, 2.24) is 15.3 Å². The molecule has 2 N–H and O–H groups in total. The topological polar surface area (TPSA) is 100 Å². The van der Waals surface area contributed by atoms with Gasteiger partial charge in [-0.15, -0.1) is 0 Å². The zero-order chi connectivity index (χ0) is 13.9. The summed E-state index contributed by atoms with van der Waals surface area (Å²) in [5.41, 5.74) is 7.33. The number of para-hydroxylation sites is 1. The molecule has 0 saturated carbocycles. The van der Waals surface area contributed by atoms with Crippen LogP contribution in [0.3, 0.4) is 0 Å². The van der Waals surface area contributed by atoms with Gasteiger partial charge in [-0.25, -0.2) is 0 Å². The van der Waals surface area contributed by atoms with Crippen molar-refractivity contribution in [2.75, 3.05) is 13.7 Å². The molecule has 104 valence electrons. The lowest BCUT2D eigenvalue weighted by atomic mass is 10.2. The number of ether oxygens (including phenoxy) is 1. The summed E-state index contributed by atoms with van der Waals surface area (Å²) in [4.78, 5) is 4.25. The lowest BCUT2D eigenvalue weighted by Crippen LogP contribution is -2.17. The molecule has 0 aliphatic carbocycles. The second-order valence-electron chi connectivity index (χ2n) is 4.41. The summed E-state index contributed by atoms with van der Waals surface area (Å²) >= 11 is 0. The Morgan fingerprint density at radius 3 is 2.95 bits per heavy atom. The van der Waals surface area contributed by atoms with Crippen LogP contribution in [-0.2, 0) is 11.2 Å². The van der Waals surface area contributed by atoms with Gasteiger partial charge in [-0.05, 0) is 12.1 Å². The monoisotopic (exact) mass is 274 g/mol. The average Bonchev–Trinajstić information content (AvgIpc) is 3.08. The van der Waals surface area contributed by atoms with Crippen molar-refractivity contribution >= 4 is 11.0 Å². The van der Waals surface area contributed by atoms with Crippen LogP contribution < -0.4 is 5.73 Å². The zero-order valence-corrected chi connectivity index (χ0v) is 10.9. The van der Waals surface area contributed by atoms with Gasteiger partial charge in [-0.3, -0.25) is 0 Å². The number of methoxy groups -OCH3 is 1. The van der Waals surface area contributed by atoms with Gasteiger partial charge >= 0.3 is 0 Å². The highest BCUT2D eigenvalue weighted by Gasteiger charge is 2.16. The molecule has 3 rings (SSSR count). The predicted molar refractivity (Wildman–Crippen MR) is 69.9 cm³/mol. The highest BCUT2D eigenvalue weighted by Crippen LogP contribution is 2.20. The van der Waals surface area contributed by atoms with E-state index in [0.29, 0.717) is 24.7 Å². The molecule has 2 aromatic heterocycles. The van der Waals surface area contributed by atoms with Crippen molar-refractivity contribution in [2.24, 2.45) is 5.73 Å². The lowest BCUT2D eigenvalue weighted by Gasteiger charge is -2.03. The molecule has 0 aliphatic rings. The van der Waals surface area contributed by atoms with E-state index in [0.717, 1.165) is 16.7 Å². The summed E-state index contributed by atoms with van der Waals surface area (Å²) in [6.07, 6.45) is 0.406. The first kappa shape index (κ1) is 12.8. The third kappa shape index (κ3) is 2.40. The first-order valence-electron chi connectivity index (χ1n) is 6.18. The summed E-state index contributed by atoms with van der Waals surface area (Å²) < 4.78 is 15.4. The van der Waals surface area contributed by atoms with Crippen LogP contribution in [0.15, 0.2) is 33.3 Å². The molecular weight excluding hydrogens is 260 g/mol. The molecular formula is C13H14N4O3. The maximum atomic E-state index is 5.84. The highest BCUT2D eigenvalue weighted by molar-refractivity contribution is 5.79. The van der Waals surface area contributed by atoms with Crippen molar-refractivity contribution in [3.05, 3.63) is 41.7 Å². The fraction of sp³-hybridized carbons (Fsp3) is 0.308. The van der Waals surface area contributed by atoms with Crippen molar-refractivity contribution in [2.45, 2.75) is 12.5 Å². The normalized spacial score (nSPS) is 12.9. The van der Waals surface area contributed by atoms with E-state index in [9.17, 15) is 0 Å². The molecule has 0 bridgehead atoms. The Balaban J connectivity index is 1.81. The molecule has 20 heavy (non-hydrogen) atoms. The van der Waals surface area contributed by atoms with Gasteiger partial charge in [0.2, 0.25) is 5.89 Å². The number of rotatable bonds is 5. The van der Waals surface area contributed by atoms with Crippen molar-refractivity contribution in [1.29, 1.82) is 0 Å². The van der Waals surface area contributed by atoms with Gasteiger partial charge in [0.1, 0.15) is 5.69 Å². The number of hydrogen-bond donors (Lipinski definition) is 1. The van der Waals surface area contributed by atoms with E-state index in [1.807, 2.05) is 24.3 Å².